The van der Waals surface area contributed by atoms with Crippen LogP contribution >= 0.6 is 0 Å². The van der Waals surface area contributed by atoms with Crippen LogP contribution < -0.4 is 31.9 Å². The first kappa shape index (κ1) is 37.5. The molecule has 8 rings (SSSR count). The number of aryl methyl sites for hydroxylation is 1. The Bertz CT molecular complexity index is 2520. The highest BCUT2D eigenvalue weighted by molar-refractivity contribution is 5.92. The Morgan fingerprint density at radius 2 is 1.25 bits per heavy atom. The van der Waals surface area contributed by atoms with E-state index in [9.17, 15) is 20.1 Å². The number of oxazole rings is 1. The molecule has 0 unspecified atom stereocenters. The molecule has 0 saturated carbocycles. The Morgan fingerprint density at radius 3 is 1.70 bits per heavy atom. The SMILES string of the molecule is Cn1nc(Nc2nccc(-c3ccc(N4CCCC4)c(C#N)c3)n2)cc1C(N)=O.N#Cc1cc(-c2ccnc(Nc3nc(C(N)=O)co3)n2)ccc1N1CCCC1. The van der Waals surface area contributed by atoms with E-state index in [2.05, 4.69) is 62.6 Å². The minimum atomic E-state index is -0.686. The van der Waals surface area contributed by atoms with Crippen LogP contribution in [0.3, 0.4) is 0 Å². The van der Waals surface area contributed by atoms with Crippen LogP contribution in [0, 0.1) is 22.7 Å². The second kappa shape index (κ2) is 16.7. The van der Waals surface area contributed by atoms with Crippen LogP contribution in [-0.4, -0.2) is 72.7 Å². The molecule has 6 N–H and O–H groups in total. The summed E-state index contributed by atoms with van der Waals surface area (Å²) in [6.45, 7) is 3.90. The van der Waals surface area contributed by atoms with Crippen LogP contribution in [-0.2, 0) is 7.05 Å². The molecule has 4 aromatic heterocycles. The lowest BCUT2D eigenvalue weighted by atomic mass is 10.1. The van der Waals surface area contributed by atoms with Crippen molar-refractivity contribution in [2.75, 3.05) is 46.6 Å². The van der Waals surface area contributed by atoms with Gasteiger partial charge in [-0.2, -0.15) is 20.6 Å². The van der Waals surface area contributed by atoms with Gasteiger partial charge in [0.1, 0.15) is 24.1 Å². The monoisotopic (exact) mass is 763 g/mol. The molecule has 286 valence electrons. The van der Waals surface area contributed by atoms with Crippen molar-refractivity contribution in [3.8, 4) is 34.7 Å². The minimum absolute atomic E-state index is 0.00909. The van der Waals surface area contributed by atoms with E-state index in [-0.39, 0.29) is 23.4 Å². The third kappa shape index (κ3) is 8.60. The van der Waals surface area contributed by atoms with Crippen LogP contribution in [0.4, 0.5) is 35.1 Å². The number of primary amides is 2. The lowest BCUT2D eigenvalue weighted by Gasteiger charge is -2.19. The molecule has 57 heavy (non-hydrogen) atoms. The molecule has 18 nitrogen and oxygen atoms in total. The van der Waals surface area contributed by atoms with Gasteiger partial charge in [0.15, 0.2) is 11.5 Å². The summed E-state index contributed by atoms with van der Waals surface area (Å²) in [4.78, 5) is 48.1. The Morgan fingerprint density at radius 1 is 0.719 bits per heavy atom. The topological polar surface area (TPSA) is 260 Å². The Labute approximate surface area is 326 Å². The summed E-state index contributed by atoms with van der Waals surface area (Å²) in [5.41, 5.74) is 16.9. The molecule has 18 heteroatoms. The number of hydrogen-bond donors (Lipinski definition) is 4. The maximum absolute atomic E-state index is 11.4. The highest BCUT2D eigenvalue weighted by Crippen LogP contribution is 2.31. The fourth-order valence-corrected chi connectivity index (χ4v) is 6.61. The lowest BCUT2D eigenvalue weighted by Crippen LogP contribution is -2.18. The third-order valence-corrected chi connectivity index (χ3v) is 9.38. The van der Waals surface area contributed by atoms with E-state index in [1.165, 1.54) is 10.7 Å². The molecular weight excluding hydrogens is 727 g/mol. The van der Waals surface area contributed by atoms with E-state index in [0.717, 1.165) is 80.6 Å². The summed E-state index contributed by atoms with van der Waals surface area (Å²) in [6, 6.07) is 21.2. The van der Waals surface area contributed by atoms with Crippen LogP contribution in [0.5, 0.6) is 0 Å². The van der Waals surface area contributed by atoms with Gasteiger partial charge in [-0.25, -0.2) is 19.9 Å². The van der Waals surface area contributed by atoms with Crippen LogP contribution in [0.15, 0.2) is 77.7 Å². The molecule has 0 radical (unpaired) electrons. The van der Waals surface area contributed by atoms with Gasteiger partial charge in [0.2, 0.25) is 11.9 Å². The summed E-state index contributed by atoms with van der Waals surface area (Å²) in [6.07, 6.45) is 8.96. The normalized spacial score (nSPS) is 13.3. The maximum atomic E-state index is 11.4. The number of nitriles is 2. The van der Waals surface area contributed by atoms with Crippen molar-refractivity contribution in [2.45, 2.75) is 25.7 Å². The number of nitrogens with one attached hydrogen (secondary N) is 2. The first-order chi connectivity index (χ1) is 27.7. The Hall–Kier alpha value is -7.86. The van der Waals surface area contributed by atoms with Crippen LogP contribution in [0.1, 0.15) is 57.8 Å². The summed E-state index contributed by atoms with van der Waals surface area (Å²) in [5.74, 6) is -0.254. The number of amides is 2. The lowest BCUT2D eigenvalue weighted by molar-refractivity contribution is 0.0984. The molecule has 6 heterocycles. The summed E-state index contributed by atoms with van der Waals surface area (Å²) < 4.78 is 6.53. The zero-order valence-corrected chi connectivity index (χ0v) is 30.9. The van der Waals surface area contributed by atoms with Gasteiger partial charge in [0.05, 0.1) is 33.9 Å². The predicted octanol–water partition coefficient (Wildman–Crippen LogP) is 4.64. The summed E-state index contributed by atoms with van der Waals surface area (Å²) in [7, 11) is 1.63. The average Bonchev–Trinajstić information content (AvgIpc) is 4.07. The van der Waals surface area contributed by atoms with Gasteiger partial charge in [-0.3, -0.25) is 19.6 Å². The Balaban J connectivity index is 0.000000174. The number of hydrogen-bond acceptors (Lipinski definition) is 15. The van der Waals surface area contributed by atoms with Gasteiger partial charge in [0, 0.05) is 62.8 Å². The van der Waals surface area contributed by atoms with Crippen molar-refractivity contribution >= 4 is 46.9 Å². The highest BCUT2D eigenvalue weighted by atomic mass is 16.4. The average molecular weight is 764 g/mol. The van der Waals surface area contributed by atoms with Gasteiger partial charge >= 0.3 is 6.01 Å². The zero-order valence-electron chi connectivity index (χ0n) is 30.9. The van der Waals surface area contributed by atoms with Crippen molar-refractivity contribution in [3.63, 3.8) is 0 Å². The van der Waals surface area contributed by atoms with Crippen molar-refractivity contribution in [1.82, 2.24) is 34.7 Å². The third-order valence-electron chi connectivity index (χ3n) is 9.38. The van der Waals surface area contributed by atoms with Gasteiger partial charge in [0.25, 0.3) is 11.8 Å². The molecule has 2 aromatic carbocycles. The molecule has 0 spiro atoms. The molecule has 0 aliphatic carbocycles. The predicted molar refractivity (Wildman–Crippen MR) is 211 cm³/mol. The number of aromatic nitrogens is 7. The summed E-state index contributed by atoms with van der Waals surface area (Å²) in [5, 5.41) is 29.1. The molecule has 2 saturated heterocycles. The maximum Gasteiger partial charge on any atom is 0.302 e. The largest absolute Gasteiger partial charge is 0.431 e. The van der Waals surface area contributed by atoms with Crippen molar-refractivity contribution < 1.29 is 14.0 Å². The van der Waals surface area contributed by atoms with Crippen molar-refractivity contribution in [1.29, 1.82) is 10.5 Å². The minimum Gasteiger partial charge on any atom is -0.431 e. The van der Waals surface area contributed by atoms with E-state index in [1.807, 2.05) is 36.4 Å². The van der Waals surface area contributed by atoms with E-state index in [1.54, 1.807) is 31.6 Å². The molecular formula is C39H37N15O3. The van der Waals surface area contributed by atoms with Gasteiger partial charge in [-0.15, -0.1) is 0 Å². The van der Waals surface area contributed by atoms with Gasteiger partial charge in [-0.05, 0) is 62.1 Å². The molecule has 6 aromatic rings. The number of benzene rings is 2. The van der Waals surface area contributed by atoms with Crippen molar-refractivity contribution in [3.05, 3.63) is 95.8 Å². The quantitative estimate of drug-likeness (QED) is 0.148. The fourth-order valence-electron chi connectivity index (χ4n) is 6.61. The molecule has 2 aliphatic rings. The number of rotatable bonds is 10. The van der Waals surface area contributed by atoms with Gasteiger partial charge in [-0.1, -0.05) is 12.1 Å². The second-order valence-corrected chi connectivity index (χ2v) is 13.2. The molecule has 2 amide bonds. The van der Waals surface area contributed by atoms with E-state index < -0.39 is 11.8 Å². The molecule has 2 fully saturated rings. The van der Waals surface area contributed by atoms with Crippen LogP contribution in [0.25, 0.3) is 22.5 Å². The Kier molecular flexibility index (Phi) is 10.9. The number of nitrogens with zero attached hydrogens (tertiary/aromatic N) is 11. The fraction of sp³-hybridized carbons (Fsp3) is 0.231. The standard InChI is InChI=1S/C20H20N8O.C19H17N7O2/c1-27-17(19(22)29)11-18(26-27)25-20-23-7-6-15(24-20)13-4-5-16(14(10-13)12-21)28-8-2-3-9-28;20-10-13-9-12(3-4-16(13)26-7-1-2-8-26)14-5-6-22-18(23-14)25-19-24-15(11-28-19)17(21)27/h4-7,10-11H,2-3,8-9H2,1H3,(H2,22,29)(H,23,24,25,26);3-6,9,11H,1-2,7-8H2,(H2,21,27)(H,22,23,24,25). The smallest absolute Gasteiger partial charge is 0.302 e. The molecule has 0 atom stereocenters. The van der Waals surface area contributed by atoms with Crippen LogP contribution in [0.2, 0.25) is 0 Å². The van der Waals surface area contributed by atoms with Crippen molar-refractivity contribution in [2.24, 2.45) is 18.5 Å². The van der Waals surface area contributed by atoms with E-state index in [0.29, 0.717) is 34.3 Å². The van der Waals surface area contributed by atoms with Gasteiger partial charge < -0.3 is 31.0 Å². The first-order valence-corrected chi connectivity index (χ1v) is 18.1. The van der Waals surface area contributed by atoms with E-state index >= 15 is 0 Å². The summed E-state index contributed by atoms with van der Waals surface area (Å²) >= 11 is 0. The number of nitrogens with two attached hydrogens (primary N) is 2. The van der Waals surface area contributed by atoms with E-state index in [4.69, 9.17) is 15.9 Å². The molecule has 0 bridgehead atoms. The first-order valence-electron chi connectivity index (χ1n) is 18.1. The second-order valence-electron chi connectivity index (χ2n) is 13.2. The zero-order chi connectivity index (χ0) is 39.9. The molecule has 2 aliphatic heterocycles. The number of carbonyl (C=O) groups excluding carboxylic acids is 2. The number of carbonyl (C=O) groups is 2. The number of anilines is 6. The highest BCUT2D eigenvalue weighted by Gasteiger charge is 2.19.